The molecule has 0 unspecified atom stereocenters. The minimum absolute atomic E-state index is 0.496. The lowest BCUT2D eigenvalue weighted by Crippen LogP contribution is -2.07. The molecule has 0 aliphatic carbocycles. The molecular formula is C8H13N3. The summed E-state index contributed by atoms with van der Waals surface area (Å²) >= 11 is 0. The summed E-state index contributed by atoms with van der Waals surface area (Å²) in [4.78, 5) is 8.43. The van der Waals surface area contributed by atoms with Crippen molar-refractivity contribution in [3.63, 3.8) is 0 Å². The van der Waals surface area contributed by atoms with Crippen molar-refractivity contribution in [3.05, 3.63) is 22.8 Å². The first-order chi connectivity index (χ1) is 5.15. The normalized spacial score (nSPS) is 10.2. The second-order valence-corrected chi connectivity index (χ2v) is 2.63. The number of hydrogen-bond acceptors (Lipinski definition) is 3. The number of rotatable bonds is 1. The van der Waals surface area contributed by atoms with E-state index in [0.717, 1.165) is 22.8 Å². The van der Waals surface area contributed by atoms with Crippen molar-refractivity contribution < 1.29 is 0 Å². The van der Waals surface area contributed by atoms with Crippen LogP contribution in [0, 0.1) is 20.8 Å². The molecule has 1 aromatic rings. The summed E-state index contributed by atoms with van der Waals surface area (Å²) in [5.74, 6) is 0.800. The van der Waals surface area contributed by atoms with E-state index in [1.807, 2.05) is 20.8 Å². The predicted octanol–water partition coefficient (Wildman–Crippen LogP) is 0.861. The first-order valence-corrected chi connectivity index (χ1v) is 3.66. The topological polar surface area (TPSA) is 51.8 Å². The molecular weight excluding hydrogens is 138 g/mol. The fourth-order valence-electron chi connectivity index (χ4n) is 1.04. The van der Waals surface area contributed by atoms with E-state index in [-0.39, 0.29) is 0 Å². The Morgan fingerprint density at radius 3 is 2.36 bits per heavy atom. The van der Waals surface area contributed by atoms with Crippen molar-refractivity contribution in [1.29, 1.82) is 0 Å². The molecule has 0 bridgehead atoms. The van der Waals surface area contributed by atoms with Gasteiger partial charge in [0.05, 0.1) is 5.69 Å². The third kappa shape index (κ3) is 1.54. The molecule has 0 aliphatic heterocycles. The molecule has 1 aromatic heterocycles. The highest BCUT2D eigenvalue weighted by Crippen LogP contribution is 2.07. The van der Waals surface area contributed by atoms with Crippen LogP contribution in [-0.4, -0.2) is 9.97 Å². The predicted molar refractivity (Wildman–Crippen MR) is 44.1 cm³/mol. The second kappa shape index (κ2) is 2.96. The Labute approximate surface area is 66.7 Å². The van der Waals surface area contributed by atoms with Crippen LogP contribution in [0.2, 0.25) is 0 Å². The van der Waals surface area contributed by atoms with Crippen LogP contribution in [0.25, 0.3) is 0 Å². The molecule has 0 fully saturated rings. The van der Waals surface area contributed by atoms with Crippen LogP contribution in [-0.2, 0) is 6.54 Å². The van der Waals surface area contributed by atoms with Crippen LogP contribution in [0.5, 0.6) is 0 Å². The maximum Gasteiger partial charge on any atom is 0.125 e. The number of aryl methyl sites for hydroxylation is 2. The van der Waals surface area contributed by atoms with Gasteiger partial charge >= 0.3 is 0 Å². The van der Waals surface area contributed by atoms with Gasteiger partial charge in [-0.05, 0) is 26.3 Å². The lowest BCUT2D eigenvalue weighted by Gasteiger charge is -2.05. The summed E-state index contributed by atoms with van der Waals surface area (Å²) in [6.45, 7) is 6.35. The SMILES string of the molecule is Cc1nc(C)c(C)c(CN)n1. The average molecular weight is 151 g/mol. The molecule has 0 saturated carbocycles. The third-order valence-electron chi connectivity index (χ3n) is 1.80. The average Bonchev–Trinajstić information content (AvgIpc) is 1.96. The van der Waals surface area contributed by atoms with E-state index in [1.165, 1.54) is 0 Å². The molecule has 11 heavy (non-hydrogen) atoms. The summed E-state index contributed by atoms with van der Waals surface area (Å²) in [6, 6.07) is 0. The minimum Gasteiger partial charge on any atom is -0.325 e. The molecule has 3 nitrogen and oxygen atoms in total. The zero-order chi connectivity index (χ0) is 8.43. The molecule has 3 heteroatoms. The summed E-state index contributed by atoms with van der Waals surface area (Å²) in [7, 11) is 0. The van der Waals surface area contributed by atoms with Gasteiger partial charge in [-0.2, -0.15) is 0 Å². The molecule has 0 aliphatic rings. The lowest BCUT2D eigenvalue weighted by atomic mass is 10.2. The zero-order valence-corrected chi connectivity index (χ0v) is 7.18. The summed E-state index contributed by atoms with van der Waals surface area (Å²) in [6.07, 6.45) is 0. The summed E-state index contributed by atoms with van der Waals surface area (Å²) in [5.41, 5.74) is 8.59. The molecule has 1 rings (SSSR count). The Hall–Kier alpha value is -0.960. The van der Waals surface area contributed by atoms with E-state index in [0.29, 0.717) is 6.54 Å². The Morgan fingerprint density at radius 1 is 1.18 bits per heavy atom. The van der Waals surface area contributed by atoms with Crippen molar-refractivity contribution in [2.24, 2.45) is 5.73 Å². The maximum atomic E-state index is 5.50. The van der Waals surface area contributed by atoms with E-state index < -0.39 is 0 Å². The largest absolute Gasteiger partial charge is 0.325 e. The van der Waals surface area contributed by atoms with Gasteiger partial charge in [0.25, 0.3) is 0 Å². The van der Waals surface area contributed by atoms with Gasteiger partial charge in [-0.3, -0.25) is 0 Å². The smallest absolute Gasteiger partial charge is 0.125 e. The highest BCUT2D eigenvalue weighted by molar-refractivity contribution is 5.22. The fraction of sp³-hybridized carbons (Fsp3) is 0.500. The van der Waals surface area contributed by atoms with E-state index in [1.54, 1.807) is 0 Å². The first kappa shape index (κ1) is 8.14. The molecule has 0 atom stereocenters. The van der Waals surface area contributed by atoms with Crippen molar-refractivity contribution in [2.45, 2.75) is 27.3 Å². The van der Waals surface area contributed by atoms with E-state index in [9.17, 15) is 0 Å². The molecule has 60 valence electrons. The standard InChI is InChI=1S/C8H13N3/c1-5-6(2)10-7(3)11-8(5)4-9/h4,9H2,1-3H3. The van der Waals surface area contributed by atoms with Crippen molar-refractivity contribution in [2.75, 3.05) is 0 Å². The molecule has 0 aromatic carbocycles. The van der Waals surface area contributed by atoms with E-state index in [4.69, 9.17) is 5.73 Å². The quantitative estimate of drug-likeness (QED) is 0.647. The third-order valence-corrected chi connectivity index (χ3v) is 1.80. The van der Waals surface area contributed by atoms with Gasteiger partial charge in [0.2, 0.25) is 0 Å². The van der Waals surface area contributed by atoms with Crippen molar-refractivity contribution in [1.82, 2.24) is 9.97 Å². The van der Waals surface area contributed by atoms with Crippen molar-refractivity contribution in [3.8, 4) is 0 Å². The van der Waals surface area contributed by atoms with Gasteiger partial charge in [0, 0.05) is 12.2 Å². The van der Waals surface area contributed by atoms with Crippen LogP contribution in [0.15, 0.2) is 0 Å². The number of aromatic nitrogens is 2. The van der Waals surface area contributed by atoms with Crippen LogP contribution in [0.3, 0.4) is 0 Å². The number of nitrogens with zero attached hydrogens (tertiary/aromatic N) is 2. The Bertz CT molecular complexity index is 268. The van der Waals surface area contributed by atoms with Crippen molar-refractivity contribution >= 4 is 0 Å². The Morgan fingerprint density at radius 2 is 1.82 bits per heavy atom. The zero-order valence-electron chi connectivity index (χ0n) is 7.18. The monoisotopic (exact) mass is 151 g/mol. The van der Waals surface area contributed by atoms with Gasteiger partial charge in [-0.1, -0.05) is 0 Å². The van der Waals surface area contributed by atoms with Gasteiger partial charge in [0.1, 0.15) is 5.82 Å². The fourth-order valence-corrected chi connectivity index (χ4v) is 1.04. The van der Waals surface area contributed by atoms with Gasteiger partial charge in [-0.25, -0.2) is 9.97 Å². The summed E-state index contributed by atoms with van der Waals surface area (Å²) < 4.78 is 0. The lowest BCUT2D eigenvalue weighted by molar-refractivity contribution is 0.883. The maximum absolute atomic E-state index is 5.50. The molecule has 1 heterocycles. The second-order valence-electron chi connectivity index (χ2n) is 2.63. The van der Waals surface area contributed by atoms with Gasteiger partial charge in [-0.15, -0.1) is 0 Å². The van der Waals surface area contributed by atoms with Gasteiger partial charge in [0.15, 0.2) is 0 Å². The van der Waals surface area contributed by atoms with Crippen LogP contribution < -0.4 is 5.73 Å². The first-order valence-electron chi connectivity index (χ1n) is 3.66. The molecule has 2 N–H and O–H groups in total. The van der Waals surface area contributed by atoms with E-state index >= 15 is 0 Å². The Kier molecular flexibility index (Phi) is 2.19. The van der Waals surface area contributed by atoms with Crippen LogP contribution >= 0.6 is 0 Å². The highest BCUT2D eigenvalue weighted by Gasteiger charge is 2.02. The molecule has 0 saturated heterocycles. The number of nitrogens with two attached hydrogens (primary N) is 1. The minimum atomic E-state index is 0.496. The van der Waals surface area contributed by atoms with E-state index in [2.05, 4.69) is 9.97 Å². The molecule has 0 radical (unpaired) electrons. The highest BCUT2D eigenvalue weighted by atomic mass is 14.9. The van der Waals surface area contributed by atoms with Crippen LogP contribution in [0.1, 0.15) is 22.8 Å². The van der Waals surface area contributed by atoms with Gasteiger partial charge < -0.3 is 5.73 Å². The number of hydrogen-bond donors (Lipinski definition) is 1. The molecule has 0 amide bonds. The Balaban J connectivity index is 3.24. The van der Waals surface area contributed by atoms with Crippen LogP contribution in [0.4, 0.5) is 0 Å². The molecule has 0 spiro atoms. The summed E-state index contributed by atoms with van der Waals surface area (Å²) in [5, 5.41) is 0.